The smallest absolute Gasteiger partial charge is 0.419 e. The van der Waals surface area contributed by atoms with Crippen molar-refractivity contribution in [2.24, 2.45) is 0 Å². The number of hydrogen-bond donors (Lipinski definition) is 1. The summed E-state index contributed by atoms with van der Waals surface area (Å²) in [6, 6.07) is 13.8. The van der Waals surface area contributed by atoms with Crippen LogP contribution in [0.1, 0.15) is 50.5 Å². The van der Waals surface area contributed by atoms with Gasteiger partial charge >= 0.3 is 6.09 Å². The summed E-state index contributed by atoms with van der Waals surface area (Å²) in [6.07, 6.45) is 4.13. The number of carbonyl (C=O) groups is 3. The fraction of sp³-hybridized carbons (Fsp3) is 0.321. The van der Waals surface area contributed by atoms with Crippen molar-refractivity contribution in [1.29, 1.82) is 0 Å². The second-order valence-electron chi connectivity index (χ2n) is 9.59. The summed E-state index contributed by atoms with van der Waals surface area (Å²) in [5.41, 5.74) is 3.74. The number of carbonyl (C=O) groups excluding carboxylic acids is 3. The molecule has 2 amide bonds. The molecule has 0 aliphatic rings. The Kier molecular flexibility index (Phi) is 9.15. The number of nitrogens with one attached hydrogen (secondary N) is 1. The van der Waals surface area contributed by atoms with Crippen molar-refractivity contribution in [2.75, 3.05) is 11.9 Å². The molecule has 0 fully saturated rings. The summed E-state index contributed by atoms with van der Waals surface area (Å²) in [5.74, 6) is -0.277. The van der Waals surface area contributed by atoms with Gasteiger partial charge in [0.1, 0.15) is 11.4 Å². The lowest BCUT2D eigenvalue weighted by molar-refractivity contribution is -0.130. The third-order valence-electron chi connectivity index (χ3n) is 5.16. The molecule has 1 N–H and O–H groups in total. The van der Waals surface area contributed by atoms with Gasteiger partial charge < -0.3 is 9.47 Å². The molecule has 0 saturated heterocycles. The first-order chi connectivity index (χ1) is 17.5. The highest BCUT2D eigenvalue weighted by atomic mass is 79.9. The predicted octanol–water partition coefficient (Wildman–Crippen LogP) is 5.79. The van der Waals surface area contributed by atoms with E-state index >= 15 is 0 Å². The molecule has 3 rings (SSSR count). The SMILES string of the molecule is CC(C)N(NC(=O)c1cccc(OCCBr)c1)C(=O)/C=C/c1cn(C(=O)OC(C)(C)C)c2ccccc12. The van der Waals surface area contributed by atoms with E-state index in [4.69, 9.17) is 9.47 Å². The minimum Gasteiger partial charge on any atom is -0.493 e. The number of aromatic nitrogens is 1. The summed E-state index contributed by atoms with van der Waals surface area (Å²) in [5, 5.41) is 2.72. The number of ether oxygens (including phenoxy) is 2. The monoisotopic (exact) mass is 569 g/mol. The number of rotatable bonds is 7. The Balaban J connectivity index is 1.81. The number of hydrazine groups is 1. The highest BCUT2D eigenvalue weighted by Crippen LogP contribution is 2.24. The third-order valence-corrected chi connectivity index (χ3v) is 5.48. The fourth-order valence-corrected chi connectivity index (χ4v) is 3.70. The van der Waals surface area contributed by atoms with Gasteiger partial charge in [0.2, 0.25) is 0 Å². The Labute approximate surface area is 225 Å². The van der Waals surface area contributed by atoms with Crippen LogP contribution in [0.15, 0.2) is 60.8 Å². The van der Waals surface area contributed by atoms with Crippen LogP contribution in [0.2, 0.25) is 0 Å². The van der Waals surface area contributed by atoms with Crippen molar-refractivity contribution >= 4 is 50.8 Å². The molecular formula is C28H32BrN3O5. The van der Waals surface area contributed by atoms with Crippen LogP contribution in [-0.2, 0) is 9.53 Å². The van der Waals surface area contributed by atoms with Crippen LogP contribution in [0.25, 0.3) is 17.0 Å². The highest BCUT2D eigenvalue weighted by Gasteiger charge is 2.21. The summed E-state index contributed by atoms with van der Waals surface area (Å²) >= 11 is 3.30. The Morgan fingerprint density at radius 2 is 1.84 bits per heavy atom. The van der Waals surface area contributed by atoms with Gasteiger partial charge in [-0.1, -0.05) is 40.2 Å². The minimum absolute atomic E-state index is 0.308. The molecule has 0 radical (unpaired) electrons. The van der Waals surface area contributed by atoms with E-state index in [9.17, 15) is 14.4 Å². The second kappa shape index (κ2) is 12.1. The lowest BCUT2D eigenvalue weighted by atomic mass is 10.1. The number of amides is 2. The number of alkyl halides is 1. The summed E-state index contributed by atoms with van der Waals surface area (Å²) in [7, 11) is 0. The number of hydrogen-bond acceptors (Lipinski definition) is 5. The number of halogens is 1. The molecule has 0 saturated carbocycles. The first-order valence-electron chi connectivity index (χ1n) is 11.9. The summed E-state index contributed by atoms with van der Waals surface area (Å²) in [4.78, 5) is 38.7. The van der Waals surface area contributed by atoms with Gasteiger partial charge in [-0.2, -0.15) is 0 Å². The minimum atomic E-state index is -0.649. The van der Waals surface area contributed by atoms with E-state index in [1.54, 1.807) is 71.2 Å². The van der Waals surface area contributed by atoms with Crippen molar-refractivity contribution < 1.29 is 23.9 Å². The molecule has 1 aromatic heterocycles. The third kappa shape index (κ3) is 7.45. The van der Waals surface area contributed by atoms with E-state index in [2.05, 4.69) is 21.4 Å². The number of fused-ring (bicyclic) bond motifs is 1. The highest BCUT2D eigenvalue weighted by molar-refractivity contribution is 9.09. The van der Waals surface area contributed by atoms with Crippen molar-refractivity contribution in [3.8, 4) is 5.75 Å². The number of para-hydroxylation sites is 1. The van der Waals surface area contributed by atoms with Crippen LogP contribution >= 0.6 is 15.9 Å². The largest absolute Gasteiger partial charge is 0.493 e. The number of nitrogens with zero attached hydrogens (tertiary/aromatic N) is 2. The van der Waals surface area contributed by atoms with Gasteiger partial charge in [-0.3, -0.25) is 19.6 Å². The Hall–Kier alpha value is -3.59. The van der Waals surface area contributed by atoms with Crippen LogP contribution < -0.4 is 10.2 Å². The van der Waals surface area contributed by atoms with Crippen LogP contribution in [0.3, 0.4) is 0 Å². The Morgan fingerprint density at radius 1 is 1.11 bits per heavy atom. The van der Waals surface area contributed by atoms with Crippen LogP contribution in [0.5, 0.6) is 5.75 Å². The quantitative estimate of drug-likeness (QED) is 0.221. The molecule has 9 heteroatoms. The lowest BCUT2D eigenvalue weighted by Gasteiger charge is -2.26. The predicted molar refractivity (Wildman–Crippen MR) is 148 cm³/mol. The maximum atomic E-state index is 13.1. The van der Waals surface area contributed by atoms with Crippen molar-refractivity contribution in [1.82, 2.24) is 15.0 Å². The van der Waals surface area contributed by atoms with Gasteiger partial charge in [-0.25, -0.2) is 9.80 Å². The van der Waals surface area contributed by atoms with Crippen LogP contribution in [0.4, 0.5) is 4.79 Å². The molecule has 37 heavy (non-hydrogen) atoms. The molecule has 0 aliphatic heterocycles. The van der Waals surface area contributed by atoms with Gasteiger partial charge in [0, 0.05) is 40.2 Å². The molecular weight excluding hydrogens is 538 g/mol. The van der Waals surface area contributed by atoms with E-state index in [0.29, 0.717) is 34.3 Å². The van der Waals surface area contributed by atoms with Gasteiger partial charge in [0.25, 0.3) is 11.8 Å². The van der Waals surface area contributed by atoms with Crippen molar-refractivity contribution in [3.05, 3.63) is 71.9 Å². The van der Waals surface area contributed by atoms with E-state index in [-0.39, 0.29) is 6.04 Å². The topological polar surface area (TPSA) is 89.9 Å². The summed E-state index contributed by atoms with van der Waals surface area (Å²) in [6.45, 7) is 9.48. The Morgan fingerprint density at radius 3 is 2.51 bits per heavy atom. The van der Waals surface area contributed by atoms with Crippen molar-refractivity contribution in [2.45, 2.75) is 46.3 Å². The van der Waals surface area contributed by atoms with Crippen LogP contribution in [0, 0.1) is 0 Å². The fourth-order valence-electron chi connectivity index (χ4n) is 3.54. The zero-order valence-corrected chi connectivity index (χ0v) is 23.2. The normalized spacial score (nSPS) is 11.6. The van der Waals surface area contributed by atoms with Gasteiger partial charge in [0.05, 0.1) is 12.1 Å². The summed E-state index contributed by atoms with van der Waals surface area (Å²) < 4.78 is 12.5. The van der Waals surface area contributed by atoms with Crippen LogP contribution in [-0.4, -0.2) is 51.1 Å². The maximum Gasteiger partial charge on any atom is 0.419 e. The van der Waals surface area contributed by atoms with Gasteiger partial charge in [0.15, 0.2) is 0 Å². The first kappa shape index (κ1) is 28.0. The zero-order chi connectivity index (χ0) is 27.2. The van der Waals surface area contributed by atoms with E-state index in [1.165, 1.54) is 15.7 Å². The van der Waals surface area contributed by atoms with E-state index < -0.39 is 23.5 Å². The molecule has 0 bridgehead atoms. The second-order valence-corrected chi connectivity index (χ2v) is 10.4. The molecule has 0 atom stereocenters. The standard InChI is InChI=1S/C28H32BrN3O5/c1-19(2)32(30-26(34)20-9-8-10-22(17-20)36-16-15-29)25(33)14-13-21-18-31(27(35)37-28(3,4)5)24-12-7-6-11-23(21)24/h6-14,17-19H,15-16H2,1-5H3,(H,30,34)/b14-13+. The van der Waals surface area contributed by atoms with Gasteiger partial charge in [-0.05, 0) is 65.0 Å². The molecule has 3 aromatic rings. The molecule has 0 aliphatic carbocycles. The average molecular weight is 570 g/mol. The number of benzene rings is 2. The van der Waals surface area contributed by atoms with E-state index in [1.807, 2.05) is 24.3 Å². The maximum absolute atomic E-state index is 13.1. The molecule has 1 heterocycles. The zero-order valence-electron chi connectivity index (χ0n) is 21.7. The molecule has 196 valence electrons. The lowest BCUT2D eigenvalue weighted by Crippen LogP contribution is -2.49. The first-order valence-corrected chi connectivity index (χ1v) is 13.1. The van der Waals surface area contributed by atoms with E-state index in [0.717, 1.165) is 5.39 Å². The van der Waals surface area contributed by atoms with Gasteiger partial charge in [-0.15, -0.1) is 0 Å². The van der Waals surface area contributed by atoms with Crippen molar-refractivity contribution in [3.63, 3.8) is 0 Å². The Bertz CT molecular complexity index is 1310. The molecule has 0 unspecified atom stereocenters. The molecule has 2 aromatic carbocycles. The molecule has 8 nitrogen and oxygen atoms in total. The molecule has 0 spiro atoms. The average Bonchev–Trinajstić information content (AvgIpc) is 3.22.